The van der Waals surface area contributed by atoms with Crippen LogP contribution in [0.4, 0.5) is 0 Å². The third kappa shape index (κ3) is 4.81. The van der Waals surface area contributed by atoms with Gasteiger partial charge in [0.15, 0.2) is 0 Å². The smallest absolute Gasteiger partial charge is 0.340 e. The predicted molar refractivity (Wildman–Crippen MR) is 109 cm³/mol. The average Bonchev–Trinajstić information content (AvgIpc) is 3.18. The Morgan fingerprint density at radius 3 is 2.34 bits per heavy atom. The van der Waals surface area contributed by atoms with E-state index in [2.05, 4.69) is 39.4 Å². The van der Waals surface area contributed by atoms with E-state index in [1.54, 1.807) is 4.90 Å². The molecule has 7 heteroatoms. The zero-order chi connectivity index (χ0) is 20.1. The third-order valence-electron chi connectivity index (χ3n) is 5.26. The largest absolute Gasteiger partial charge is 0.375 e. The summed E-state index contributed by atoms with van der Waals surface area (Å²) in [6.07, 6.45) is 0.805. The van der Waals surface area contributed by atoms with Crippen LogP contribution in [-0.2, 0) is 16.0 Å². The first-order valence-corrected chi connectivity index (χ1v) is 9.82. The number of nitrogens with one attached hydrogen (secondary N) is 2. The van der Waals surface area contributed by atoms with E-state index in [0.29, 0.717) is 25.5 Å². The molecule has 2 N–H and O–H groups in total. The van der Waals surface area contributed by atoms with E-state index in [-0.39, 0.29) is 24.3 Å². The molecule has 7 nitrogen and oxygen atoms in total. The molecule has 3 aromatic rings. The van der Waals surface area contributed by atoms with Gasteiger partial charge in [-0.1, -0.05) is 60.7 Å². The second kappa shape index (κ2) is 8.87. The van der Waals surface area contributed by atoms with Crippen LogP contribution in [0, 0.1) is 0 Å². The first-order chi connectivity index (χ1) is 14.2. The van der Waals surface area contributed by atoms with E-state index < -0.39 is 5.69 Å². The molecule has 0 bridgehead atoms. The van der Waals surface area contributed by atoms with Gasteiger partial charge in [0.2, 0.25) is 5.91 Å². The molecule has 0 aliphatic carbocycles. The quantitative estimate of drug-likeness (QED) is 0.672. The number of nitrogens with zero attached hydrogens (tertiary/aromatic N) is 2. The van der Waals surface area contributed by atoms with Crippen molar-refractivity contribution in [3.63, 3.8) is 0 Å². The van der Waals surface area contributed by atoms with Crippen LogP contribution >= 0.6 is 0 Å². The van der Waals surface area contributed by atoms with Gasteiger partial charge in [-0.3, -0.25) is 9.78 Å². The molecule has 1 saturated heterocycles. The Bertz CT molecular complexity index is 944. The average molecular weight is 392 g/mol. The number of hydrogen-bond acceptors (Lipinski definition) is 4. The minimum absolute atomic E-state index is 0.0583. The Labute approximate surface area is 168 Å². The fraction of sp³-hybridized carbons (Fsp3) is 0.318. The zero-order valence-electron chi connectivity index (χ0n) is 16.1. The summed E-state index contributed by atoms with van der Waals surface area (Å²) in [4.78, 5) is 28.1. The number of aromatic amines is 2. The van der Waals surface area contributed by atoms with Crippen LogP contribution < -0.4 is 5.69 Å². The summed E-state index contributed by atoms with van der Waals surface area (Å²) < 4.78 is 6.01. The van der Waals surface area contributed by atoms with Crippen molar-refractivity contribution in [3.05, 3.63) is 88.1 Å². The van der Waals surface area contributed by atoms with Gasteiger partial charge in [-0.25, -0.2) is 9.89 Å². The van der Waals surface area contributed by atoms with E-state index in [0.717, 1.165) is 6.42 Å². The van der Waals surface area contributed by atoms with Crippen LogP contribution in [0.1, 0.15) is 29.3 Å². The minimum Gasteiger partial charge on any atom is -0.375 e. The Kier molecular flexibility index (Phi) is 5.86. The first-order valence-electron chi connectivity index (χ1n) is 9.82. The molecule has 1 fully saturated rings. The van der Waals surface area contributed by atoms with Crippen molar-refractivity contribution in [2.45, 2.75) is 24.9 Å². The highest BCUT2D eigenvalue weighted by molar-refractivity contribution is 5.78. The summed E-state index contributed by atoms with van der Waals surface area (Å²) >= 11 is 0. The number of aromatic nitrogens is 3. The molecular weight excluding hydrogens is 368 g/mol. The Hall–Kier alpha value is -3.19. The lowest BCUT2D eigenvalue weighted by Gasteiger charge is -2.35. The van der Waals surface area contributed by atoms with Crippen molar-refractivity contribution in [1.29, 1.82) is 0 Å². The number of H-pyrrole nitrogens is 2. The fourth-order valence-electron chi connectivity index (χ4n) is 3.83. The highest BCUT2D eigenvalue weighted by Crippen LogP contribution is 2.30. The molecule has 1 amide bonds. The van der Waals surface area contributed by atoms with Crippen molar-refractivity contribution in [2.24, 2.45) is 0 Å². The molecule has 29 heavy (non-hydrogen) atoms. The highest BCUT2D eigenvalue weighted by Gasteiger charge is 2.28. The molecule has 1 aliphatic heterocycles. The van der Waals surface area contributed by atoms with Gasteiger partial charge in [0.25, 0.3) is 0 Å². The topological polar surface area (TPSA) is 91.1 Å². The van der Waals surface area contributed by atoms with Gasteiger partial charge in [0.1, 0.15) is 5.82 Å². The standard InChI is InChI=1S/C22H24N4O3/c27-21(14-20-23-22(28)25-24-20)26-11-12-29-18(15-26)13-19(16-7-3-1-4-8-16)17-9-5-2-6-10-17/h1-10,18-19H,11-15H2,(H2,23,24,25,28)/t18-/m0/s1. The molecular formula is C22H24N4O3. The molecule has 0 unspecified atom stereocenters. The van der Waals surface area contributed by atoms with Crippen molar-refractivity contribution < 1.29 is 9.53 Å². The summed E-state index contributed by atoms with van der Waals surface area (Å²) in [5.41, 5.74) is 2.07. The number of morpholine rings is 1. The Balaban J connectivity index is 1.46. The second-order valence-corrected chi connectivity index (χ2v) is 7.24. The van der Waals surface area contributed by atoms with Crippen LogP contribution in [0.2, 0.25) is 0 Å². The number of carbonyl (C=O) groups excluding carboxylic acids is 1. The lowest BCUT2D eigenvalue weighted by molar-refractivity contribution is -0.138. The maximum atomic E-state index is 12.6. The van der Waals surface area contributed by atoms with E-state index in [4.69, 9.17) is 4.74 Å². The summed E-state index contributed by atoms with van der Waals surface area (Å²) in [7, 11) is 0. The molecule has 1 aliphatic rings. The number of ether oxygens (including phenoxy) is 1. The van der Waals surface area contributed by atoms with Crippen LogP contribution in [0.3, 0.4) is 0 Å². The van der Waals surface area contributed by atoms with Crippen molar-refractivity contribution in [2.75, 3.05) is 19.7 Å². The number of amides is 1. The third-order valence-corrected chi connectivity index (χ3v) is 5.26. The van der Waals surface area contributed by atoms with Gasteiger partial charge in [-0.2, -0.15) is 5.10 Å². The number of hydrogen-bond donors (Lipinski definition) is 2. The van der Waals surface area contributed by atoms with Gasteiger partial charge in [-0.15, -0.1) is 0 Å². The van der Waals surface area contributed by atoms with Gasteiger partial charge in [0, 0.05) is 19.0 Å². The fourth-order valence-corrected chi connectivity index (χ4v) is 3.83. The van der Waals surface area contributed by atoms with E-state index in [1.807, 2.05) is 36.4 Å². The lowest BCUT2D eigenvalue weighted by atomic mass is 9.86. The predicted octanol–water partition coefficient (Wildman–Crippen LogP) is 2.09. The van der Waals surface area contributed by atoms with Crippen LogP contribution in [0.15, 0.2) is 65.5 Å². The molecule has 150 valence electrons. The van der Waals surface area contributed by atoms with Crippen LogP contribution in [-0.4, -0.2) is 51.8 Å². The lowest BCUT2D eigenvalue weighted by Crippen LogP contribution is -2.46. The van der Waals surface area contributed by atoms with Crippen molar-refractivity contribution in [3.8, 4) is 0 Å². The molecule has 0 spiro atoms. The maximum absolute atomic E-state index is 12.6. The molecule has 2 aromatic carbocycles. The highest BCUT2D eigenvalue weighted by atomic mass is 16.5. The van der Waals surface area contributed by atoms with E-state index in [9.17, 15) is 9.59 Å². The van der Waals surface area contributed by atoms with Crippen LogP contribution in [0.5, 0.6) is 0 Å². The minimum atomic E-state index is -0.402. The van der Waals surface area contributed by atoms with Crippen molar-refractivity contribution in [1.82, 2.24) is 20.1 Å². The zero-order valence-corrected chi connectivity index (χ0v) is 16.1. The number of rotatable bonds is 6. The molecule has 1 atom stereocenters. The second-order valence-electron chi connectivity index (χ2n) is 7.24. The Morgan fingerprint density at radius 2 is 1.76 bits per heavy atom. The summed E-state index contributed by atoms with van der Waals surface area (Å²) in [6, 6.07) is 20.8. The summed E-state index contributed by atoms with van der Waals surface area (Å²) in [6.45, 7) is 1.58. The SMILES string of the molecule is O=C(Cc1n[nH]c(=O)[nH]1)N1CCO[C@@H](CC(c2ccccc2)c2ccccc2)C1. The molecule has 4 rings (SSSR count). The molecule has 2 heterocycles. The van der Waals surface area contributed by atoms with Crippen molar-refractivity contribution >= 4 is 5.91 Å². The van der Waals surface area contributed by atoms with Gasteiger partial charge in [0.05, 0.1) is 19.1 Å². The summed E-state index contributed by atoms with van der Waals surface area (Å²) in [5, 5.41) is 6.12. The molecule has 1 aromatic heterocycles. The monoisotopic (exact) mass is 392 g/mol. The number of carbonyl (C=O) groups is 1. The van der Waals surface area contributed by atoms with Gasteiger partial charge < -0.3 is 9.64 Å². The maximum Gasteiger partial charge on any atom is 0.340 e. The normalized spacial score (nSPS) is 16.9. The van der Waals surface area contributed by atoms with E-state index in [1.165, 1.54) is 11.1 Å². The summed E-state index contributed by atoms with van der Waals surface area (Å²) in [5.74, 6) is 0.492. The van der Waals surface area contributed by atoms with E-state index >= 15 is 0 Å². The van der Waals surface area contributed by atoms with Gasteiger partial charge in [-0.05, 0) is 17.5 Å². The Morgan fingerprint density at radius 1 is 1.10 bits per heavy atom. The number of benzene rings is 2. The first kappa shape index (κ1) is 19.1. The van der Waals surface area contributed by atoms with Crippen LogP contribution in [0.25, 0.3) is 0 Å². The molecule has 0 radical (unpaired) electrons. The molecule has 0 saturated carbocycles. The van der Waals surface area contributed by atoms with Gasteiger partial charge >= 0.3 is 5.69 Å².